The number of rotatable bonds is 3. The molecule has 5 nitrogen and oxygen atoms in total. The molecule has 0 aromatic heterocycles. The van der Waals surface area contributed by atoms with Crippen molar-refractivity contribution in [1.82, 2.24) is 0 Å². The summed E-state index contributed by atoms with van der Waals surface area (Å²) in [5.41, 5.74) is 3.69. The van der Waals surface area contributed by atoms with Crippen molar-refractivity contribution in [2.24, 2.45) is 0 Å². The predicted molar refractivity (Wildman–Crippen MR) is 99.2 cm³/mol. The zero-order chi connectivity index (χ0) is 17.4. The van der Waals surface area contributed by atoms with Crippen LogP contribution in [-0.4, -0.2) is 24.4 Å². The van der Waals surface area contributed by atoms with Crippen molar-refractivity contribution in [3.05, 3.63) is 53.1 Å². The minimum absolute atomic E-state index is 0.0493. The van der Waals surface area contributed by atoms with Gasteiger partial charge in [0.25, 0.3) is 0 Å². The fraction of sp³-hybridized carbons (Fsp3) is 0.263. The molecule has 4 rings (SSSR count). The van der Waals surface area contributed by atoms with Gasteiger partial charge in [-0.2, -0.15) is 0 Å². The second-order valence-electron chi connectivity index (χ2n) is 6.38. The van der Waals surface area contributed by atoms with Crippen molar-refractivity contribution in [3.63, 3.8) is 0 Å². The number of anilines is 3. The van der Waals surface area contributed by atoms with Crippen LogP contribution in [0.3, 0.4) is 0 Å². The van der Waals surface area contributed by atoms with Crippen LogP contribution in [0, 0.1) is 0 Å². The lowest BCUT2D eigenvalue weighted by Gasteiger charge is -2.20. The molecule has 1 atom stereocenters. The Kier molecular flexibility index (Phi) is 4.09. The molecule has 6 heteroatoms. The van der Waals surface area contributed by atoms with Gasteiger partial charge in [0.15, 0.2) is 0 Å². The zero-order valence-electron chi connectivity index (χ0n) is 13.6. The number of halogens is 1. The number of benzene rings is 2. The van der Waals surface area contributed by atoms with E-state index in [1.165, 1.54) is 0 Å². The minimum Gasteiger partial charge on any atom is -0.374 e. The number of nitrogens with zero attached hydrogens (tertiary/aromatic N) is 1. The van der Waals surface area contributed by atoms with Gasteiger partial charge >= 0.3 is 0 Å². The third-order valence-electron chi connectivity index (χ3n) is 4.67. The van der Waals surface area contributed by atoms with Crippen LogP contribution in [0.2, 0.25) is 5.02 Å². The summed E-state index contributed by atoms with van der Waals surface area (Å²) in [6.45, 7) is 0.665. The SMILES string of the molecule is O=C1CCc2cc(NC3CCN(c4cccc(Cl)c4)C3=O)ccc2N1. The van der Waals surface area contributed by atoms with Gasteiger partial charge in [0.05, 0.1) is 0 Å². The molecule has 2 aromatic rings. The van der Waals surface area contributed by atoms with Gasteiger partial charge in [-0.25, -0.2) is 0 Å². The van der Waals surface area contributed by atoms with E-state index in [4.69, 9.17) is 11.6 Å². The van der Waals surface area contributed by atoms with Gasteiger partial charge in [-0.05, 0) is 54.8 Å². The predicted octanol–water partition coefficient (Wildman–Crippen LogP) is 3.44. The Morgan fingerprint density at radius 3 is 2.84 bits per heavy atom. The zero-order valence-corrected chi connectivity index (χ0v) is 14.3. The first-order valence-electron chi connectivity index (χ1n) is 8.36. The van der Waals surface area contributed by atoms with Crippen molar-refractivity contribution in [1.29, 1.82) is 0 Å². The number of hydrogen-bond acceptors (Lipinski definition) is 3. The Hall–Kier alpha value is -2.53. The van der Waals surface area contributed by atoms with E-state index in [2.05, 4.69) is 10.6 Å². The highest BCUT2D eigenvalue weighted by Crippen LogP contribution is 2.29. The Labute approximate surface area is 151 Å². The maximum absolute atomic E-state index is 12.7. The first-order chi connectivity index (χ1) is 12.1. The maximum atomic E-state index is 12.7. The van der Waals surface area contributed by atoms with Gasteiger partial charge in [-0.15, -0.1) is 0 Å². The molecule has 0 radical (unpaired) electrons. The molecule has 0 saturated carbocycles. The number of fused-ring (bicyclic) bond motifs is 1. The molecule has 1 fully saturated rings. The molecule has 128 valence electrons. The van der Waals surface area contributed by atoms with E-state index in [0.29, 0.717) is 18.0 Å². The fourth-order valence-corrected chi connectivity index (χ4v) is 3.57. The molecule has 0 aliphatic carbocycles. The van der Waals surface area contributed by atoms with Crippen molar-refractivity contribution in [2.75, 3.05) is 22.1 Å². The van der Waals surface area contributed by atoms with E-state index in [9.17, 15) is 9.59 Å². The van der Waals surface area contributed by atoms with Gasteiger partial charge in [0.1, 0.15) is 6.04 Å². The van der Waals surface area contributed by atoms with Crippen molar-refractivity contribution < 1.29 is 9.59 Å². The molecule has 2 amide bonds. The lowest BCUT2D eigenvalue weighted by molar-refractivity contribution is -0.118. The number of hydrogen-bond donors (Lipinski definition) is 2. The molecular formula is C19H18ClN3O2. The molecule has 0 spiro atoms. The molecular weight excluding hydrogens is 338 g/mol. The average Bonchev–Trinajstić information content (AvgIpc) is 2.96. The summed E-state index contributed by atoms with van der Waals surface area (Å²) >= 11 is 6.03. The molecule has 2 aliphatic rings. The van der Waals surface area contributed by atoms with Crippen molar-refractivity contribution in [3.8, 4) is 0 Å². The molecule has 2 N–H and O–H groups in total. The first-order valence-corrected chi connectivity index (χ1v) is 8.74. The van der Waals surface area contributed by atoms with Gasteiger partial charge in [-0.1, -0.05) is 17.7 Å². The highest BCUT2D eigenvalue weighted by Gasteiger charge is 2.32. The van der Waals surface area contributed by atoms with E-state index in [1.54, 1.807) is 11.0 Å². The third-order valence-corrected chi connectivity index (χ3v) is 4.90. The summed E-state index contributed by atoms with van der Waals surface area (Å²) in [6, 6.07) is 12.9. The van der Waals surface area contributed by atoms with Crippen LogP contribution < -0.4 is 15.5 Å². The second kappa shape index (κ2) is 6.41. The van der Waals surface area contributed by atoms with E-state index >= 15 is 0 Å². The number of carbonyl (C=O) groups excluding carboxylic acids is 2. The molecule has 0 bridgehead atoms. The Bertz CT molecular complexity index is 852. The fourth-order valence-electron chi connectivity index (χ4n) is 3.39. The molecule has 1 saturated heterocycles. The Balaban J connectivity index is 1.49. The van der Waals surface area contributed by atoms with E-state index in [1.807, 2.05) is 36.4 Å². The summed E-state index contributed by atoms with van der Waals surface area (Å²) in [7, 11) is 0. The van der Waals surface area contributed by atoms with Crippen LogP contribution in [0.4, 0.5) is 17.1 Å². The summed E-state index contributed by atoms with van der Waals surface area (Å²) < 4.78 is 0. The summed E-state index contributed by atoms with van der Waals surface area (Å²) in [4.78, 5) is 25.9. The van der Waals surface area contributed by atoms with Gasteiger partial charge < -0.3 is 15.5 Å². The molecule has 25 heavy (non-hydrogen) atoms. The largest absolute Gasteiger partial charge is 0.374 e. The van der Waals surface area contributed by atoms with Gasteiger partial charge in [0, 0.05) is 35.1 Å². The standard InChI is InChI=1S/C19H18ClN3O2/c20-13-2-1-3-15(11-13)23-9-8-17(19(23)25)21-14-5-6-16-12(10-14)4-7-18(24)22-16/h1-3,5-6,10-11,17,21H,4,7-9H2,(H,22,24). The van der Waals surface area contributed by atoms with Crippen LogP contribution in [0.15, 0.2) is 42.5 Å². The Morgan fingerprint density at radius 1 is 1.12 bits per heavy atom. The van der Waals surface area contributed by atoms with Gasteiger partial charge in [-0.3, -0.25) is 9.59 Å². The van der Waals surface area contributed by atoms with Crippen molar-refractivity contribution >= 4 is 40.5 Å². The highest BCUT2D eigenvalue weighted by molar-refractivity contribution is 6.31. The smallest absolute Gasteiger partial charge is 0.249 e. The monoisotopic (exact) mass is 355 g/mol. The van der Waals surface area contributed by atoms with E-state index in [-0.39, 0.29) is 17.9 Å². The number of amides is 2. The lowest BCUT2D eigenvalue weighted by atomic mass is 10.0. The number of nitrogens with one attached hydrogen (secondary N) is 2. The topological polar surface area (TPSA) is 61.4 Å². The van der Waals surface area contributed by atoms with Crippen LogP contribution in [0.25, 0.3) is 0 Å². The lowest BCUT2D eigenvalue weighted by Crippen LogP contribution is -2.33. The quantitative estimate of drug-likeness (QED) is 0.886. The van der Waals surface area contributed by atoms with E-state index in [0.717, 1.165) is 35.5 Å². The number of carbonyl (C=O) groups is 2. The summed E-state index contributed by atoms with van der Waals surface area (Å²) in [6.07, 6.45) is 1.96. The van der Waals surface area contributed by atoms with Crippen LogP contribution in [0.1, 0.15) is 18.4 Å². The third kappa shape index (κ3) is 3.20. The van der Waals surface area contributed by atoms with Crippen molar-refractivity contribution in [2.45, 2.75) is 25.3 Å². The number of aryl methyl sites for hydroxylation is 1. The Morgan fingerprint density at radius 2 is 2.00 bits per heavy atom. The molecule has 2 heterocycles. The average molecular weight is 356 g/mol. The molecule has 1 unspecified atom stereocenters. The molecule has 2 aromatic carbocycles. The van der Waals surface area contributed by atoms with Crippen LogP contribution >= 0.6 is 11.6 Å². The molecule has 2 aliphatic heterocycles. The van der Waals surface area contributed by atoms with E-state index < -0.39 is 0 Å². The second-order valence-corrected chi connectivity index (χ2v) is 6.81. The van der Waals surface area contributed by atoms with Crippen LogP contribution in [0.5, 0.6) is 0 Å². The minimum atomic E-state index is -0.254. The highest BCUT2D eigenvalue weighted by atomic mass is 35.5. The normalized spacial score (nSPS) is 19.6. The maximum Gasteiger partial charge on any atom is 0.249 e. The van der Waals surface area contributed by atoms with Crippen LogP contribution in [-0.2, 0) is 16.0 Å². The summed E-state index contributed by atoms with van der Waals surface area (Å²) in [5.74, 6) is 0.102. The van der Waals surface area contributed by atoms with Gasteiger partial charge in [0.2, 0.25) is 11.8 Å². The first kappa shape index (κ1) is 16.0. The summed E-state index contributed by atoms with van der Waals surface area (Å²) in [5, 5.41) is 6.82.